The van der Waals surface area contributed by atoms with Gasteiger partial charge in [-0.05, 0) is 44.3 Å². The SMILES string of the molecule is CC1=CC(C)C2=C(OC(C)(C(=O)O)CC2)C1(C)O. The summed E-state index contributed by atoms with van der Waals surface area (Å²) in [7, 11) is 0. The van der Waals surface area contributed by atoms with E-state index in [1.807, 2.05) is 19.9 Å². The van der Waals surface area contributed by atoms with E-state index < -0.39 is 17.2 Å². The second kappa shape index (κ2) is 3.85. The zero-order valence-corrected chi connectivity index (χ0v) is 11.3. The van der Waals surface area contributed by atoms with E-state index >= 15 is 0 Å². The number of rotatable bonds is 1. The molecule has 0 bridgehead atoms. The zero-order valence-electron chi connectivity index (χ0n) is 11.3. The first-order valence-electron chi connectivity index (χ1n) is 6.25. The summed E-state index contributed by atoms with van der Waals surface area (Å²) in [5.41, 5.74) is -0.605. The highest BCUT2D eigenvalue weighted by atomic mass is 16.5. The number of carboxylic acids is 1. The highest BCUT2D eigenvalue weighted by Crippen LogP contribution is 2.45. The van der Waals surface area contributed by atoms with Gasteiger partial charge in [0, 0.05) is 6.42 Å². The smallest absolute Gasteiger partial charge is 0.347 e. The molecule has 2 N–H and O–H groups in total. The van der Waals surface area contributed by atoms with Gasteiger partial charge in [0.15, 0.2) is 0 Å². The minimum Gasteiger partial charge on any atom is -0.478 e. The molecule has 1 aliphatic heterocycles. The summed E-state index contributed by atoms with van der Waals surface area (Å²) in [4.78, 5) is 11.3. The van der Waals surface area contributed by atoms with Crippen LogP contribution in [0, 0.1) is 5.92 Å². The van der Waals surface area contributed by atoms with Crippen molar-refractivity contribution in [1.82, 2.24) is 0 Å². The van der Waals surface area contributed by atoms with E-state index in [1.54, 1.807) is 13.8 Å². The lowest BCUT2D eigenvalue weighted by molar-refractivity contribution is -0.164. The van der Waals surface area contributed by atoms with Crippen LogP contribution >= 0.6 is 0 Å². The fraction of sp³-hybridized carbons (Fsp3) is 0.643. The fourth-order valence-electron chi connectivity index (χ4n) is 2.64. The predicted octanol–water partition coefficient (Wildman–Crippen LogP) is 2.24. The Hall–Kier alpha value is -1.29. The van der Waals surface area contributed by atoms with Crippen molar-refractivity contribution in [2.45, 2.75) is 51.7 Å². The maximum absolute atomic E-state index is 11.3. The quantitative estimate of drug-likeness (QED) is 0.702. The molecule has 100 valence electrons. The van der Waals surface area contributed by atoms with Crippen molar-refractivity contribution in [2.24, 2.45) is 5.92 Å². The van der Waals surface area contributed by atoms with Gasteiger partial charge in [0.2, 0.25) is 5.60 Å². The van der Waals surface area contributed by atoms with Crippen molar-refractivity contribution in [3.05, 3.63) is 23.0 Å². The van der Waals surface area contributed by atoms with Crippen LogP contribution in [0.5, 0.6) is 0 Å². The van der Waals surface area contributed by atoms with Crippen LogP contribution in [0.25, 0.3) is 0 Å². The first-order chi connectivity index (χ1) is 8.18. The van der Waals surface area contributed by atoms with E-state index in [9.17, 15) is 15.0 Å². The van der Waals surface area contributed by atoms with Gasteiger partial charge < -0.3 is 14.9 Å². The van der Waals surface area contributed by atoms with Crippen LogP contribution < -0.4 is 0 Å². The maximum atomic E-state index is 11.3. The average Bonchev–Trinajstić information content (AvgIpc) is 2.26. The Balaban J connectivity index is 2.45. The molecule has 18 heavy (non-hydrogen) atoms. The van der Waals surface area contributed by atoms with E-state index in [4.69, 9.17) is 4.74 Å². The minimum atomic E-state index is -1.24. The Kier molecular flexibility index (Phi) is 2.81. The van der Waals surface area contributed by atoms with Crippen LogP contribution in [-0.4, -0.2) is 27.4 Å². The van der Waals surface area contributed by atoms with Crippen LogP contribution in [0.1, 0.15) is 40.5 Å². The Labute approximate surface area is 107 Å². The summed E-state index contributed by atoms with van der Waals surface area (Å²) >= 11 is 0. The van der Waals surface area contributed by atoms with E-state index in [0.29, 0.717) is 18.6 Å². The lowest BCUT2D eigenvalue weighted by Crippen LogP contribution is -2.47. The van der Waals surface area contributed by atoms with Gasteiger partial charge in [-0.3, -0.25) is 0 Å². The van der Waals surface area contributed by atoms with Crippen molar-refractivity contribution in [3.8, 4) is 0 Å². The van der Waals surface area contributed by atoms with Gasteiger partial charge in [0.1, 0.15) is 11.4 Å². The molecule has 0 aromatic carbocycles. The van der Waals surface area contributed by atoms with Gasteiger partial charge >= 0.3 is 5.97 Å². The third-order valence-electron chi connectivity index (χ3n) is 4.20. The number of allylic oxidation sites excluding steroid dienone is 2. The molecule has 3 atom stereocenters. The molecule has 0 aromatic heterocycles. The summed E-state index contributed by atoms with van der Waals surface area (Å²) in [6.07, 6.45) is 3.11. The van der Waals surface area contributed by atoms with E-state index in [0.717, 1.165) is 11.1 Å². The molecule has 0 radical (unpaired) electrons. The lowest BCUT2D eigenvalue weighted by Gasteiger charge is -2.43. The van der Waals surface area contributed by atoms with Crippen LogP contribution in [0.15, 0.2) is 23.0 Å². The summed E-state index contributed by atoms with van der Waals surface area (Å²) in [6, 6.07) is 0. The van der Waals surface area contributed by atoms with E-state index in [-0.39, 0.29) is 5.92 Å². The van der Waals surface area contributed by atoms with Crippen molar-refractivity contribution < 1.29 is 19.7 Å². The third-order valence-corrected chi connectivity index (χ3v) is 4.20. The second-order valence-corrected chi connectivity index (χ2v) is 5.70. The van der Waals surface area contributed by atoms with Crippen molar-refractivity contribution in [3.63, 3.8) is 0 Å². The Morgan fingerprint density at radius 2 is 2.11 bits per heavy atom. The van der Waals surface area contributed by atoms with Gasteiger partial charge in [-0.25, -0.2) is 4.79 Å². The Morgan fingerprint density at radius 3 is 2.67 bits per heavy atom. The molecular formula is C14H20O4. The highest BCUT2D eigenvalue weighted by Gasteiger charge is 2.47. The predicted molar refractivity (Wildman–Crippen MR) is 66.9 cm³/mol. The number of hydrogen-bond acceptors (Lipinski definition) is 3. The van der Waals surface area contributed by atoms with Crippen molar-refractivity contribution in [1.29, 1.82) is 0 Å². The summed E-state index contributed by atoms with van der Waals surface area (Å²) < 4.78 is 5.68. The first kappa shape index (κ1) is 13.1. The normalized spacial score (nSPS) is 39.8. The molecule has 4 nitrogen and oxygen atoms in total. The summed E-state index contributed by atoms with van der Waals surface area (Å²) in [5, 5.41) is 19.8. The van der Waals surface area contributed by atoms with Crippen LogP contribution in [0.4, 0.5) is 0 Å². The topological polar surface area (TPSA) is 66.8 Å². The second-order valence-electron chi connectivity index (χ2n) is 5.70. The van der Waals surface area contributed by atoms with Gasteiger partial charge in [-0.2, -0.15) is 0 Å². The number of carboxylic acid groups (broad SMARTS) is 1. The number of aliphatic hydroxyl groups is 1. The number of aliphatic carboxylic acids is 1. The van der Waals surface area contributed by atoms with E-state index in [1.165, 1.54) is 0 Å². The van der Waals surface area contributed by atoms with Crippen LogP contribution in [-0.2, 0) is 9.53 Å². The molecule has 0 aromatic rings. The maximum Gasteiger partial charge on any atom is 0.347 e. The molecule has 0 saturated carbocycles. The number of hydrogen-bond donors (Lipinski definition) is 2. The third kappa shape index (κ3) is 1.75. The van der Waals surface area contributed by atoms with Crippen molar-refractivity contribution >= 4 is 5.97 Å². The minimum absolute atomic E-state index is 0.193. The van der Waals surface area contributed by atoms with Gasteiger partial charge in [-0.1, -0.05) is 13.0 Å². The Bertz CT molecular complexity index is 458. The first-order valence-corrected chi connectivity index (χ1v) is 6.25. The van der Waals surface area contributed by atoms with Crippen LogP contribution in [0.2, 0.25) is 0 Å². The molecule has 2 aliphatic rings. The van der Waals surface area contributed by atoms with Gasteiger partial charge in [0.05, 0.1) is 0 Å². The average molecular weight is 252 g/mol. The summed E-state index contributed by atoms with van der Waals surface area (Å²) in [6.45, 7) is 7.11. The molecule has 3 unspecified atom stereocenters. The molecule has 1 aliphatic carbocycles. The molecule has 0 spiro atoms. The summed E-state index contributed by atoms with van der Waals surface area (Å²) in [5.74, 6) is -0.352. The largest absolute Gasteiger partial charge is 0.478 e. The Morgan fingerprint density at radius 1 is 1.50 bits per heavy atom. The molecule has 0 amide bonds. The molecule has 0 saturated heterocycles. The molecule has 0 fully saturated rings. The lowest BCUT2D eigenvalue weighted by atomic mass is 9.76. The number of ether oxygens (including phenoxy) is 1. The molecule has 1 heterocycles. The fourth-order valence-corrected chi connectivity index (χ4v) is 2.64. The van der Waals surface area contributed by atoms with Crippen molar-refractivity contribution in [2.75, 3.05) is 0 Å². The number of carbonyl (C=O) groups is 1. The molecular weight excluding hydrogens is 232 g/mol. The standard InChI is InChI=1S/C14H20O4/c1-8-7-9(2)14(4,17)11-10(8)5-6-13(3,18-11)12(15)16/h7-8,17H,5-6H2,1-4H3,(H,15,16). The molecule has 4 heteroatoms. The van der Waals surface area contributed by atoms with Gasteiger partial charge in [0.25, 0.3) is 0 Å². The monoisotopic (exact) mass is 252 g/mol. The van der Waals surface area contributed by atoms with Crippen LogP contribution in [0.3, 0.4) is 0 Å². The highest BCUT2D eigenvalue weighted by molar-refractivity contribution is 5.77. The zero-order chi connectivity index (χ0) is 13.7. The molecule has 2 rings (SSSR count). The van der Waals surface area contributed by atoms with Gasteiger partial charge in [-0.15, -0.1) is 0 Å². The van der Waals surface area contributed by atoms with E-state index in [2.05, 4.69) is 0 Å².